The van der Waals surface area contributed by atoms with E-state index in [0.29, 0.717) is 10.6 Å². The van der Waals surface area contributed by atoms with Crippen LogP contribution in [0.5, 0.6) is 0 Å². The second-order valence-corrected chi connectivity index (χ2v) is 5.35. The molecule has 0 aliphatic rings. The van der Waals surface area contributed by atoms with Crippen molar-refractivity contribution in [2.45, 2.75) is 13.0 Å². The molecule has 0 spiro atoms. The average Bonchev–Trinajstić information content (AvgIpc) is 2.32. The molecule has 2 aromatic carbocycles. The third kappa shape index (κ3) is 2.58. The van der Waals surface area contributed by atoms with Crippen molar-refractivity contribution in [3.8, 4) is 0 Å². The molecular formula is C14H12BrClFN. The van der Waals surface area contributed by atoms with E-state index in [4.69, 9.17) is 17.3 Å². The number of benzene rings is 2. The van der Waals surface area contributed by atoms with Crippen LogP contribution < -0.4 is 5.73 Å². The minimum atomic E-state index is -0.517. The Morgan fingerprint density at radius 2 is 1.94 bits per heavy atom. The molecule has 2 N–H and O–H groups in total. The summed E-state index contributed by atoms with van der Waals surface area (Å²) in [7, 11) is 0. The van der Waals surface area contributed by atoms with Gasteiger partial charge in [-0.25, -0.2) is 4.39 Å². The number of hydrogen-bond donors (Lipinski definition) is 1. The quantitative estimate of drug-likeness (QED) is 0.856. The first-order chi connectivity index (χ1) is 8.50. The van der Waals surface area contributed by atoms with Gasteiger partial charge in [0.1, 0.15) is 5.82 Å². The van der Waals surface area contributed by atoms with Gasteiger partial charge in [-0.05, 0) is 30.2 Å². The number of rotatable bonds is 2. The van der Waals surface area contributed by atoms with Gasteiger partial charge < -0.3 is 5.73 Å². The zero-order chi connectivity index (χ0) is 13.3. The van der Waals surface area contributed by atoms with Gasteiger partial charge in [-0.1, -0.05) is 51.8 Å². The van der Waals surface area contributed by atoms with Gasteiger partial charge in [-0.3, -0.25) is 0 Å². The third-order valence-corrected chi connectivity index (χ3v) is 4.17. The molecule has 0 radical (unpaired) electrons. The smallest absolute Gasteiger partial charge is 0.129 e. The summed E-state index contributed by atoms with van der Waals surface area (Å²) in [6, 6.07) is 9.79. The van der Waals surface area contributed by atoms with Gasteiger partial charge in [0.15, 0.2) is 0 Å². The molecule has 2 aromatic rings. The van der Waals surface area contributed by atoms with Gasteiger partial charge in [0.25, 0.3) is 0 Å². The predicted molar refractivity (Wildman–Crippen MR) is 76.3 cm³/mol. The van der Waals surface area contributed by atoms with E-state index >= 15 is 0 Å². The van der Waals surface area contributed by atoms with E-state index < -0.39 is 6.04 Å². The Balaban J connectivity index is 2.48. The van der Waals surface area contributed by atoms with Gasteiger partial charge in [-0.2, -0.15) is 0 Å². The van der Waals surface area contributed by atoms with E-state index in [1.807, 2.05) is 25.1 Å². The summed E-state index contributed by atoms with van der Waals surface area (Å²) in [6.07, 6.45) is 0. The predicted octanol–water partition coefficient (Wildman–Crippen LogP) is 4.60. The maximum Gasteiger partial charge on any atom is 0.129 e. The second kappa shape index (κ2) is 5.39. The molecule has 18 heavy (non-hydrogen) atoms. The van der Waals surface area contributed by atoms with Crippen molar-refractivity contribution in [3.63, 3.8) is 0 Å². The summed E-state index contributed by atoms with van der Waals surface area (Å²) < 4.78 is 14.7. The first kappa shape index (κ1) is 13.5. The van der Waals surface area contributed by atoms with Crippen LogP contribution in [0.15, 0.2) is 40.9 Å². The Hall–Kier alpha value is -0.900. The second-order valence-electron chi connectivity index (χ2n) is 4.12. The van der Waals surface area contributed by atoms with E-state index in [1.165, 1.54) is 6.07 Å². The first-order valence-electron chi connectivity index (χ1n) is 5.46. The van der Waals surface area contributed by atoms with Crippen molar-refractivity contribution >= 4 is 27.5 Å². The minimum absolute atomic E-state index is 0.367. The Bertz CT molecular complexity index is 586. The summed E-state index contributed by atoms with van der Waals surface area (Å²) in [4.78, 5) is 0. The lowest BCUT2D eigenvalue weighted by molar-refractivity contribution is 0.599. The van der Waals surface area contributed by atoms with Gasteiger partial charge in [0.05, 0.1) is 6.04 Å². The van der Waals surface area contributed by atoms with Crippen LogP contribution in [0.2, 0.25) is 5.02 Å². The van der Waals surface area contributed by atoms with E-state index in [1.54, 1.807) is 12.1 Å². The molecule has 1 atom stereocenters. The van der Waals surface area contributed by atoms with E-state index in [2.05, 4.69) is 15.9 Å². The third-order valence-electron chi connectivity index (χ3n) is 2.85. The Kier molecular flexibility index (Phi) is 4.05. The summed E-state index contributed by atoms with van der Waals surface area (Å²) in [6.45, 7) is 1.97. The SMILES string of the molecule is Cc1cccc(C(N)c2ccc(Cl)cc2F)c1Br. The number of nitrogens with two attached hydrogens (primary N) is 1. The Labute approximate surface area is 119 Å². The molecule has 4 heteroatoms. The largest absolute Gasteiger partial charge is 0.320 e. The van der Waals surface area contributed by atoms with Gasteiger partial charge >= 0.3 is 0 Å². The van der Waals surface area contributed by atoms with Crippen LogP contribution in [0.3, 0.4) is 0 Å². The van der Waals surface area contributed by atoms with Crippen molar-refractivity contribution in [3.05, 3.63) is 68.4 Å². The van der Waals surface area contributed by atoms with Gasteiger partial charge in [0, 0.05) is 15.1 Å². The van der Waals surface area contributed by atoms with Crippen molar-refractivity contribution in [1.82, 2.24) is 0 Å². The summed E-state index contributed by atoms with van der Waals surface area (Å²) >= 11 is 9.22. The van der Waals surface area contributed by atoms with Crippen LogP contribution in [0.4, 0.5) is 4.39 Å². The molecular weight excluding hydrogens is 317 g/mol. The highest BCUT2D eigenvalue weighted by Gasteiger charge is 2.16. The highest BCUT2D eigenvalue weighted by Crippen LogP contribution is 2.31. The molecule has 0 fully saturated rings. The summed E-state index contributed by atoms with van der Waals surface area (Å²) in [5.41, 5.74) is 8.48. The molecule has 0 bridgehead atoms. The fraction of sp³-hybridized carbons (Fsp3) is 0.143. The lowest BCUT2D eigenvalue weighted by Crippen LogP contribution is -2.14. The molecule has 0 saturated heterocycles. The van der Waals surface area contributed by atoms with Crippen molar-refractivity contribution in [2.24, 2.45) is 5.73 Å². The lowest BCUT2D eigenvalue weighted by atomic mass is 9.98. The normalized spacial score (nSPS) is 12.5. The van der Waals surface area contributed by atoms with Crippen LogP contribution in [0, 0.1) is 12.7 Å². The standard InChI is InChI=1S/C14H12BrClFN/c1-8-3-2-4-11(13(8)15)14(18)10-6-5-9(16)7-12(10)17/h2-7,14H,18H2,1H3. The highest BCUT2D eigenvalue weighted by molar-refractivity contribution is 9.10. The Morgan fingerprint density at radius 3 is 2.61 bits per heavy atom. The van der Waals surface area contributed by atoms with Crippen LogP contribution in [-0.4, -0.2) is 0 Å². The van der Waals surface area contributed by atoms with E-state index in [-0.39, 0.29) is 5.82 Å². The molecule has 0 heterocycles. The van der Waals surface area contributed by atoms with Crippen molar-refractivity contribution in [1.29, 1.82) is 0 Å². The molecule has 94 valence electrons. The van der Waals surface area contributed by atoms with Crippen molar-refractivity contribution < 1.29 is 4.39 Å². The maximum absolute atomic E-state index is 13.8. The van der Waals surface area contributed by atoms with Crippen LogP contribution in [-0.2, 0) is 0 Å². The van der Waals surface area contributed by atoms with Crippen LogP contribution in [0.1, 0.15) is 22.7 Å². The molecule has 0 amide bonds. The molecule has 2 rings (SSSR count). The minimum Gasteiger partial charge on any atom is -0.320 e. The van der Waals surface area contributed by atoms with Gasteiger partial charge in [-0.15, -0.1) is 0 Å². The topological polar surface area (TPSA) is 26.0 Å². The van der Waals surface area contributed by atoms with Crippen LogP contribution in [0.25, 0.3) is 0 Å². The molecule has 0 aliphatic carbocycles. The summed E-state index contributed by atoms with van der Waals surface area (Å²) in [5, 5.41) is 0.367. The number of halogens is 3. The zero-order valence-corrected chi connectivity index (χ0v) is 12.1. The van der Waals surface area contributed by atoms with Gasteiger partial charge in [0.2, 0.25) is 0 Å². The number of aryl methyl sites for hydroxylation is 1. The Morgan fingerprint density at radius 1 is 1.22 bits per heavy atom. The molecule has 1 nitrogen and oxygen atoms in total. The van der Waals surface area contributed by atoms with E-state index in [0.717, 1.165) is 15.6 Å². The molecule has 1 unspecified atom stereocenters. The summed E-state index contributed by atoms with van der Waals surface area (Å²) in [5.74, 6) is -0.386. The molecule has 0 saturated carbocycles. The van der Waals surface area contributed by atoms with Crippen LogP contribution >= 0.6 is 27.5 Å². The maximum atomic E-state index is 13.8. The number of hydrogen-bond acceptors (Lipinski definition) is 1. The monoisotopic (exact) mass is 327 g/mol. The fourth-order valence-corrected chi connectivity index (χ4v) is 2.50. The average molecular weight is 329 g/mol. The highest BCUT2D eigenvalue weighted by atomic mass is 79.9. The molecule has 0 aliphatic heterocycles. The lowest BCUT2D eigenvalue weighted by Gasteiger charge is -2.16. The zero-order valence-electron chi connectivity index (χ0n) is 9.75. The van der Waals surface area contributed by atoms with Crippen molar-refractivity contribution in [2.75, 3.05) is 0 Å². The van der Waals surface area contributed by atoms with E-state index in [9.17, 15) is 4.39 Å². The first-order valence-corrected chi connectivity index (χ1v) is 6.63. The fourth-order valence-electron chi connectivity index (χ4n) is 1.83. The molecule has 0 aromatic heterocycles.